The molecule has 2 amide bonds. The molecule has 1 aromatic carbocycles. The van der Waals surface area contributed by atoms with Crippen molar-refractivity contribution in [1.29, 1.82) is 0 Å². The normalized spacial score (nSPS) is 19.8. The van der Waals surface area contributed by atoms with Crippen LogP contribution in [0.4, 0.5) is 4.39 Å². The lowest BCUT2D eigenvalue weighted by atomic mass is 9.79. The van der Waals surface area contributed by atoms with Crippen LogP contribution < -0.4 is 0 Å². The Morgan fingerprint density at radius 1 is 1.17 bits per heavy atom. The van der Waals surface area contributed by atoms with E-state index in [0.717, 1.165) is 17.5 Å². The largest absolute Gasteiger partial charge is 0.449 e. The van der Waals surface area contributed by atoms with Crippen molar-refractivity contribution in [3.05, 3.63) is 53.5 Å². The Morgan fingerprint density at radius 3 is 2.49 bits per heavy atom. The SMILES string of the molecule is CC(C)c1cc(-c2ccc(F)cc2)nc2cc(C(=O)N3CCN(C(=O)C4(O)CCC4)C[C@H]3C)oc12. The molecule has 0 spiro atoms. The van der Waals surface area contributed by atoms with Gasteiger partial charge in [-0.25, -0.2) is 9.37 Å². The number of hydrogen-bond acceptors (Lipinski definition) is 5. The van der Waals surface area contributed by atoms with Crippen molar-refractivity contribution in [3.63, 3.8) is 0 Å². The molecule has 1 atom stereocenters. The number of benzene rings is 1. The zero-order valence-corrected chi connectivity index (χ0v) is 20.3. The maximum Gasteiger partial charge on any atom is 0.290 e. The van der Waals surface area contributed by atoms with Crippen molar-refractivity contribution in [3.8, 4) is 11.3 Å². The smallest absolute Gasteiger partial charge is 0.290 e. The quantitative estimate of drug-likeness (QED) is 0.601. The summed E-state index contributed by atoms with van der Waals surface area (Å²) in [6, 6.07) is 9.54. The lowest BCUT2D eigenvalue weighted by Crippen LogP contribution is -2.61. The van der Waals surface area contributed by atoms with Gasteiger partial charge in [0.05, 0.1) is 5.69 Å². The molecule has 35 heavy (non-hydrogen) atoms. The van der Waals surface area contributed by atoms with E-state index < -0.39 is 5.60 Å². The minimum Gasteiger partial charge on any atom is -0.449 e. The highest BCUT2D eigenvalue weighted by Gasteiger charge is 2.46. The monoisotopic (exact) mass is 479 g/mol. The van der Waals surface area contributed by atoms with E-state index in [0.29, 0.717) is 49.3 Å². The average Bonchev–Trinajstić information content (AvgIpc) is 3.25. The standard InChI is InChI=1S/C27H30FN3O4/c1-16(2)20-13-21(18-5-7-19(28)8-6-18)29-22-14-23(35-24(20)22)25(32)31-12-11-30(15-17(31)3)26(33)27(34)9-4-10-27/h5-8,13-14,16-17,34H,4,9-12,15H2,1-3H3/t17-/m1/s1. The Morgan fingerprint density at radius 2 is 1.89 bits per heavy atom. The fourth-order valence-electron chi connectivity index (χ4n) is 4.95. The molecule has 5 rings (SSSR count). The van der Waals surface area contributed by atoms with Crippen LogP contribution in [0.3, 0.4) is 0 Å². The summed E-state index contributed by atoms with van der Waals surface area (Å²) in [6.45, 7) is 7.10. The zero-order valence-electron chi connectivity index (χ0n) is 20.3. The molecule has 1 N–H and O–H groups in total. The number of piperazine rings is 1. The minimum atomic E-state index is -1.23. The van der Waals surface area contributed by atoms with Crippen molar-refractivity contribution in [2.24, 2.45) is 0 Å². The van der Waals surface area contributed by atoms with Crippen LogP contribution in [-0.2, 0) is 4.79 Å². The molecule has 1 saturated heterocycles. The maximum absolute atomic E-state index is 13.4. The first-order valence-electron chi connectivity index (χ1n) is 12.2. The second-order valence-electron chi connectivity index (χ2n) is 10.1. The van der Waals surface area contributed by atoms with Crippen molar-refractivity contribution < 1.29 is 23.5 Å². The van der Waals surface area contributed by atoms with Crippen LogP contribution in [0.1, 0.15) is 62.1 Å². The third-order valence-electron chi connectivity index (χ3n) is 7.23. The number of nitrogens with zero attached hydrogens (tertiary/aromatic N) is 3. The van der Waals surface area contributed by atoms with E-state index in [2.05, 4.69) is 0 Å². The van der Waals surface area contributed by atoms with E-state index in [4.69, 9.17) is 9.40 Å². The molecule has 0 bridgehead atoms. The van der Waals surface area contributed by atoms with Crippen molar-refractivity contribution in [1.82, 2.24) is 14.8 Å². The van der Waals surface area contributed by atoms with Crippen LogP contribution in [0.15, 0.2) is 40.8 Å². The number of amides is 2. The number of fused-ring (bicyclic) bond motifs is 1. The van der Waals surface area contributed by atoms with Crippen LogP contribution >= 0.6 is 0 Å². The molecule has 0 radical (unpaired) electrons. The van der Waals surface area contributed by atoms with Gasteiger partial charge in [-0.05, 0) is 62.4 Å². The molecule has 0 unspecified atom stereocenters. The van der Waals surface area contributed by atoms with Crippen LogP contribution in [0.25, 0.3) is 22.4 Å². The molecule has 8 heteroatoms. The summed E-state index contributed by atoms with van der Waals surface area (Å²) >= 11 is 0. The highest BCUT2D eigenvalue weighted by molar-refractivity contribution is 5.97. The summed E-state index contributed by atoms with van der Waals surface area (Å²) in [7, 11) is 0. The zero-order chi connectivity index (χ0) is 24.9. The number of aromatic nitrogens is 1. The van der Waals surface area contributed by atoms with Gasteiger partial charge in [0.25, 0.3) is 11.8 Å². The number of aliphatic hydroxyl groups is 1. The number of carbonyl (C=O) groups excluding carboxylic acids is 2. The predicted octanol–water partition coefficient (Wildman–Crippen LogP) is 4.35. The fraction of sp³-hybridized carbons (Fsp3) is 0.444. The fourth-order valence-corrected chi connectivity index (χ4v) is 4.95. The topological polar surface area (TPSA) is 86.9 Å². The Hall–Kier alpha value is -3.26. The average molecular weight is 480 g/mol. The highest BCUT2D eigenvalue weighted by Crippen LogP contribution is 2.35. The molecule has 1 aliphatic carbocycles. The summed E-state index contributed by atoms with van der Waals surface area (Å²) in [5.41, 5.74) is 2.31. The van der Waals surface area contributed by atoms with Crippen molar-refractivity contribution in [2.45, 2.75) is 57.6 Å². The molecular weight excluding hydrogens is 449 g/mol. The molecule has 2 aliphatic rings. The van der Waals surface area contributed by atoms with Gasteiger partial charge in [-0.1, -0.05) is 13.8 Å². The van der Waals surface area contributed by atoms with Gasteiger partial charge in [0.2, 0.25) is 0 Å². The first kappa shape index (κ1) is 23.5. The summed E-state index contributed by atoms with van der Waals surface area (Å²) in [4.78, 5) is 34.2. The first-order valence-corrected chi connectivity index (χ1v) is 12.2. The van der Waals surface area contributed by atoms with Gasteiger partial charge in [0.1, 0.15) is 16.9 Å². The summed E-state index contributed by atoms with van der Waals surface area (Å²) in [5, 5.41) is 10.4. The van der Waals surface area contributed by atoms with Gasteiger partial charge in [0, 0.05) is 42.9 Å². The van der Waals surface area contributed by atoms with Crippen LogP contribution in [0, 0.1) is 5.82 Å². The lowest BCUT2D eigenvalue weighted by Gasteiger charge is -2.44. The van der Waals surface area contributed by atoms with Gasteiger partial charge in [0.15, 0.2) is 11.3 Å². The van der Waals surface area contributed by atoms with E-state index in [1.54, 1.807) is 28.0 Å². The number of rotatable bonds is 4. The lowest BCUT2D eigenvalue weighted by molar-refractivity contribution is -0.162. The van der Waals surface area contributed by atoms with E-state index >= 15 is 0 Å². The molecule has 1 saturated carbocycles. The first-order chi connectivity index (χ1) is 16.7. The minimum absolute atomic E-state index is 0.125. The molecular formula is C27H30FN3O4. The summed E-state index contributed by atoms with van der Waals surface area (Å²) in [5.74, 6) is -0.462. The molecule has 1 aliphatic heterocycles. The van der Waals surface area contributed by atoms with Crippen LogP contribution in [0.5, 0.6) is 0 Å². The molecule has 184 valence electrons. The van der Waals surface area contributed by atoms with Crippen LogP contribution in [-0.4, -0.2) is 63.0 Å². The Balaban J connectivity index is 1.40. The number of carbonyl (C=O) groups is 2. The Bertz CT molecular complexity index is 1280. The van der Waals surface area contributed by atoms with Gasteiger partial charge in [-0.3, -0.25) is 9.59 Å². The van der Waals surface area contributed by atoms with Crippen molar-refractivity contribution in [2.75, 3.05) is 19.6 Å². The summed E-state index contributed by atoms with van der Waals surface area (Å²) < 4.78 is 19.5. The van der Waals surface area contributed by atoms with E-state index in [1.807, 2.05) is 26.8 Å². The third kappa shape index (κ3) is 4.20. The Labute approximate surface area is 203 Å². The molecule has 2 fully saturated rings. The van der Waals surface area contributed by atoms with Gasteiger partial charge in [-0.15, -0.1) is 0 Å². The highest BCUT2D eigenvalue weighted by atomic mass is 19.1. The van der Waals surface area contributed by atoms with E-state index in [9.17, 15) is 19.1 Å². The van der Waals surface area contributed by atoms with Gasteiger partial charge >= 0.3 is 0 Å². The Kier molecular flexibility index (Phi) is 5.87. The third-order valence-corrected chi connectivity index (χ3v) is 7.23. The van der Waals surface area contributed by atoms with Crippen LogP contribution in [0.2, 0.25) is 0 Å². The second-order valence-corrected chi connectivity index (χ2v) is 10.1. The molecule has 7 nitrogen and oxygen atoms in total. The maximum atomic E-state index is 13.4. The number of pyridine rings is 1. The number of furan rings is 1. The molecule has 2 aromatic heterocycles. The van der Waals surface area contributed by atoms with E-state index in [-0.39, 0.29) is 35.4 Å². The number of halogens is 1. The second kappa shape index (κ2) is 8.75. The van der Waals surface area contributed by atoms with E-state index in [1.165, 1.54) is 12.1 Å². The molecule has 3 aromatic rings. The number of hydrogen-bond donors (Lipinski definition) is 1. The van der Waals surface area contributed by atoms with Crippen molar-refractivity contribution >= 4 is 22.9 Å². The van der Waals surface area contributed by atoms with Gasteiger partial charge < -0.3 is 19.3 Å². The van der Waals surface area contributed by atoms with Gasteiger partial charge in [-0.2, -0.15) is 0 Å². The summed E-state index contributed by atoms with van der Waals surface area (Å²) in [6.07, 6.45) is 1.87. The predicted molar refractivity (Wildman–Crippen MR) is 129 cm³/mol. The molecule has 3 heterocycles.